The van der Waals surface area contributed by atoms with Gasteiger partial charge in [0.2, 0.25) is 0 Å². The molecule has 1 aliphatic rings. The summed E-state index contributed by atoms with van der Waals surface area (Å²) >= 11 is 0. The molecule has 0 radical (unpaired) electrons. The Labute approximate surface area is 86.1 Å². The zero-order valence-electron chi connectivity index (χ0n) is 9.14. The maximum Gasteiger partial charge on any atom is 0.0237 e. The fourth-order valence-corrected chi connectivity index (χ4v) is 2.21. The van der Waals surface area contributed by atoms with E-state index < -0.39 is 0 Å². The molecule has 0 saturated carbocycles. The van der Waals surface area contributed by atoms with Gasteiger partial charge in [-0.2, -0.15) is 0 Å². The molecule has 1 aliphatic heterocycles. The van der Waals surface area contributed by atoms with Crippen molar-refractivity contribution in [2.75, 3.05) is 6.54 Å². The summed E-state index contributed by atoms with van der Waals surface area (Å²) < 4.78 is 0. The van der Waals surface area contributed by atoms with E-state index in [0.29, 0.717) is 5.92 Å². The second-order valence-electron chi connectivity index (χ2n) is 4.72. The van der Waals surface area contributed by atoms with Crippen LogP contribution in [0.4, 0.5) is 0 Å². The number of H-pyrrole nitrogens is 1. The van der Waals surface area contributed by atoms with E-state index in [1.807, 2.05) is 0 Å². The lowest BCUT2D eigenvalue weighted by molar-refractivity contribution is 0.451. The molecule has 78 valence electrons. The summed E-state index contributed by atoms with van der Waals surface area (Å²) in [5.74, 6) is 1.52. The topological polar surface area (TPSA) is 27.8 Å². The van der Waals surface area contributed by atoms with Gasteiger partial charge in [0.15, 0.2) is 0 Å². The molecule has 0 fully saturated rings. The van der Waals surface area contributed by atoms with Gasteiger partial charge in [-0.05, 0) is 24.0 Å². The van der Waals surface area contributed by atoms with E-state index in [0.717, 1.165) is 19.0 Å². The average molecular weight is 192 g/mol. The number of rotatable bonds is 3. The standard InChI is InChI=1S/C12H20N2/c1-9(2)3-4-10-7-13-8-11-5-6-14-12(10)11/h5-6,9-10,13-14H,3-4,7-8H2,1-2H3. The first-order valence-corrected chi connectivity index (χ1v) is 5.64. The molecule has 2 N–H and O–H groups in total. The molecule has 1 aromatic heterocycles. The van der Waals surface area contributed by atoms with Gasteiger partial charge in [0.25, 0.3) is 0 Å². The fourth-order valence-electron chi connectivity index (χ4n) is 2.21. The van der Waals surface area contributed by atoms with E-state index in [4.69, 9.17) is 0 Å². The van der Waals surface area contributed by atoms with Gasteiger partial charge in [-0.3, -0.25) is 0 Å². The molecule has 0 amide bonds. The van der Waals surface area contributed by atoms with Crippen molar-refractivity contribution in [3.8, 4) is 0 Å². The first-order chi connectivity index (χ1) is 6.77. The van der Waals surface area contributed by atoms with Gasteiger partial charge in [-0.25, -0.2) is 0 Å². The zero-order chi connectivity index (χ0) is 9.97. The van der Waals surface area contributed by atoms with Crippen molar-refractivity contribution in [1.82, 2.24) is 10.3 Å². The van der Waals surface area contributed by atoms with Crippen LogP contribution in [-0.4, -0.2) is 11.5 Å². The Bertz CT molecular complexity index is 288. The van der Waals surface area contributed by atoms with Crippen molar-refractivity contribution >= 4 is 0 Å². The lowest BCUT2D eigenvalue weighted by atomic mass is 9.91. The smallest absolute Gasteiger partial charge is 0.0237 e. The quantitative estimate of drug-likeness (QED) is 0.757. The van der Waals surface area contributed by atoms with E-state index >= 15 is 0 Å². The Kier molecular flexibility index (Phi) is 2.92. The van der Waals surface area contributed by atoms with Crippen LogP contribution in [0.5, 0.6) is 0 Å². The van der Waals surface area contributed by atoms with E-state index in [1.165, 1.54) is 24.1 Å². The first kappa shape index (κ1) is 9.78. The Balaban J connectivity index is 2.01. The van der Waals surface area contributed by atoms with E-state index in [-0.39, 0.29) is 0 Å². The Morgan fingerprint density at radius 2 is 2.36 bits per heavy atom. The van der Waals surface area contributed by atoms with Crippen molar-refractivity contribution in [3.63, 3.8) is 0 Å². The number of nitrogens with one attached hydrogen (secondary N) is 2. The van der Waals surface area contributed by atoms with Crippen LogP contribution in [0.15, 0.2) is 12.3 Å². The Morgan fingerprint density at radius 1 is 1.50 bits per heavy atom. The maximum atomic E-state index is 3.48. The summed E-state index contributed by atoms with van der Waals surface area (Å²) in [7, 11) is 0. The molecule has 2 heterocycles. The summed E-state index contributed by atoms with van der Waals surface area (Å²) in [6, 6.07) is 2.20. The number of aromatic nitrogens is 1. The summed E-state index contributed by atoms with van der Waals surface area (Å²) in [5, 5.41) is 3.48. The molecular weight excluding hydrogens is 172 g/mol. The molecule has 2 heteroatoms. The van der Waals surface area contributed by atoms with E-state index in [2.05, 4.69) is 36.4 Å². The van der Waals surface area contributed by atoms with Crippen LogP contribution in [0.25, 0.3) is 0 Å². The highest BCUT2D eigenvalue weighted by Crippen LogP contribution is 2.27. The minimum absolute atomic E-state index is 0.705. The number of aromatic amines is 1. The van der Waals surface area contributed by atoms with Crippen molar-refractivity contribution < 1.29 is 0 Å². The molecule has 1 atom stereocenters. The highest BCUT2D eigenvalue weighted by Gasteiger charge is 2.20. The van der Waals surface area contributed by atoms with Gasteiger partial charge in [-0.1, -0.05) is 20.3 Å². The lowest BCUT2D eigenvalue weighted by Crippen LogP contribution is -2.27. The second kappa shape index (κ2) is 4.18. The monoisotopic (exact) mass is 192 g/mol. The van der Waals surface area contributed by atoms with Crippen LogP contribution in [0.2, 0.25) is 0 Å². The molecule has 0 aliphatic carbocycles. The Hall–Kier alpha value is -0.760. The average Bonchev–Trinajstić information content (AvgIpc) is 2.62. The molecule has 1 unspecified atom stereocenters. The van der Waals surface area contributed by atoms with Gasteiger partial charge in [0.1, 0.15) is 0 Å². The van der Waals surface area contributed by atoms with E-state index in [9.17, 15) is 0 Å². The normalized spacial score (nSPS) is 21.2. The van der Waals surface area contributed by atoms with Gasteiger partial charge < -0.3 is 10.3 Å². The van der Waals surface area contributed by atoms with Gasteiger partial charge in [0, 0.05) is 30.9 Å². The molecule has 2 nitrogen and oxygen atoms in total. The highest BCUT2D eigenvalue weighted by atomic mass is 14.9. The van der Waals surface area contributed by atoms with Gasteiger partial charge >= 0.3 is 0 Å². The van der Waals surface area contributed by atoms with Crippen LogP contribution in [-0.2, 0) is 6.54 Å². The van der Waals surface area contributed by atoms with Gasteiger partial charge in [-0.15, -0.1) is 0 Å². The molecule has 1 aromatic rings. The third-order valence-electron chi connectivity index (χ3n) is 3.08. The van der Waals surface area contributed by atoms with Crippen LogP contribution in [0.1, 0.15) is 43.9 Å². The number of hydrogen-bond acceptors (Lipinski definition) is 1. The van der Waals surface area contributed by atoms with Crippen molar-refractivity contribution in [1.29, 1.82) is 0 Å². The van der Waals surface area contributed by atoms with E-state index in [1.54, 1.807) is 0 Å². The minimum atomic E-state index is 0.705. The summed E-state index contributed by atoms with van der Waals surface area (Å²) in [6.45, 7) is 6.77. The highest BCUT2D eigenvalue weighted by molar-refractivity contribution is 5.26. The largest absolute Gasteiger partial charge is 0.364 e. The van der Waals surface area contributed by atoms with Crippen molar-refractivity contribution in [2.24, 2.45) is 5.92 Å². The van der Waals surface area contributed by atoms with Crippen molar-refractivity contribution in [3.05, 3.63) is 23.5 Å². The first-order valence-electron chi connectivity index (χ1n) is 5.64. The maximum absolute atomic E-state index is 3.48. The molecule has 0 saturated heterocycles. The molecule has 0 bridgehead atoms. The third kappa shape index (κ3) is 2.01. The number of fused-ring (bicyclic) bond motifs is 1. The fraction of sp³-hybridized carbons (Fsp3) is 0.667. The van der Waals surface area contributed by atoms with Crippen LogP contribution >= 0.6 is 0 Å². The predicted molar refractivity (Wildman–Crippen MR) is 59.3 cm³/mol. The lowest BCUT2D eigenvalue weighted by Gasteiger charge is -2.24. The van der Waals surface area contributed by atoms with Crippen molar-refractivity contribution in [2.45, 2.75) is 39.2 Å². The minimum Gasteiger partial charge on any atom is -0.364 e. The summed E-state index contributed by atoms with van der Waals surface area (Å²) in [6.07, 6.45) is 4.70. The SMILES string of the molecule is CC(C)CCC1CNCc2cc[nH]c21. The molecule has 2 rings (SSSR count). The zero-order valence-corrected chi connectivity index (χ0v) is 9.14. The predicted octanol–water partition coefficient (Wildman–Crippen LogP) is 2.64. The molecule has 0 aromatic carbocycles. The second-order valence-corrected chi connectivity index (χ2v) is 4.72. The summed E-state index contributed by atoms with van der Waals surface area (Å²) in [4.78, 5) is 3.39. The van der Waals surface area contributed by atoms with Gasteiger partial charge in [0.05, 0.1) is 0 Å². The Morgan fingerprint density at radius 3 is 3.14 bits per heavy atom. The summed E-state index contributed by atoms with van der Waals surface area (Å²) in [5.41, 5.74) is 2.94. The van der Waals surface area contributed by atoms with Crippen LogP contribution in [0, 0.1) is 5.92 Å². The van der Waals surface area contributed by atoms with Crippen LogP contribution < -0.4 is 5.32 Å². The van der Waals surface area contributed by atoms with Crippen LogP contribution in [0.3, 0.4) is 0 Å². The molecule has 14 heavy (non-hydrogen) atoms. The third-order valence-corrected chi connectivity index (χ3v) is 3.08. The molecule has 0 spiro atoms. The number of hydrogen-bond donors (Lipinski definition) is 2. The molecular formula is C12H20N2.